The van der Waals surface area contributed by atoms with Crippen molar-refractivity contribution in [3.05, 3.63) is 34.1 Å². The van der Waals surface area contributed by atoms with E-state index in [1.807, 2.05) is 0 Å². The average Bonchev–Trinajstić information content (AvgIpc) is 3.19. The molecular weight excluding hydrogens is 291 g/mol. The molecule has 20 heavy (non-hydrogen) atoms. The Morgan fingerprint density at radius 2 is 2.15 bits per heavy atom. The minimum Gasteiger partial charge on any atom is -0.391 e. The summed E-state index contributed by atoms with van der Waals surface area (Å²) in [4.78, 5) is 8.96. The van der Waals surface area contributed by atoms with Gasteiger partial charge in [0.15, 0.2) is 0 Å². The van der Waals surface area contributed by atoms with Crippen LogP contribution in [-0.4, -0.2) is 31.1 Å². The summed E-state index contributed by atoms with van der Waals surface area (Å²) < 4.78 is 39.4. The summed E-state index contributed by atoms with van der Waals surface area (Å²) in [6.45, 7) is -0.205. The Bertz CT molecular complexity index is 630. The number of hydrogen-bond acceptors (Lipinski definition) is 5. The van der Waals surface area contributed by atoms with Crippen LogP contribution in [0, 0.1) is 21.8 Å². The van der Waals surface area contributed by atoms with Crippen molar-refractivity contribution in [2.75, 3.05) is 6.54 Å². The van der Waals surface area contributed by atoms with Crippen LogP contribution in [0.25, 0.3) is 0 Å². The molecule has 0 radical (unpaired) electrons. The number of nitrogens with zero attached hydrogens (tertiary/aromatic N) is 1. The highest BCUT2D eigenvalue weighted by Gasteiger charge is 2.31. The number of halogens is 1. The molecule has 0 aromatic heterocycles. The first-order chi connectivity index (χ1) is 9.31. The molecule has 2 N–H and O–H groups in total. The summed E-state index contributed by atoms with van der Waals surface area (Å²) >= 11 is 0. The fourth-order valence-electron chi connectivity index (χ4n) is 1.74. The van der Waals surface area contributed by atoms with Gasteiger partial charge in [-0.15, -0.1) is 0 Å². The fourth-order valence-corrected chi connectivity index (χ4v) is 2.85. The van der Waals surface area contributed by atoms with Crippen molar-refractivity contribution in [3.63, 3.8) is 0 Å². The minimum absolute atomic E-state index is 0.0828. The Hall–Kier alpha value is -1.58. The Kier molecular flexibility index (Phi) is 4.02. The second-order valence-corrected chi connectivity index (χ2v) is 6.36. The lowest BCUT2D eigenvalue weighted by atomic mass is 10.2. The predicted octanol–water partition coefficient (Wildman–Crippen LogP) is 0.783. The second-order valence-electron chi connectivity index (χ2n) is 4.63. The van der Waals surface area contributed by atoms with Gasteiger partial charge in [0.1, 0.15) is 10.7 Å². The second kappa shape index (κ2) is 5.43. The monoisotopic (exact) mass is 304 g/mol. The van der Waals surface area contributed by atoms with E-state index in [0.29, 0.717) is 6.07 Å². The van der Waals surface area contributed by atoms with Crippen LogP contribution in [0.1, 0.15) is 12.8 Å². The molecule has 0 spiro atoms. The zero-order valence-electron chi connectivity index (χ0n) is 10.3. The molecule has 9 heteroatoms. The van der Waals surface area contributed by atoms with E-state index in [2.05, 4.69) is 4.72 Å². The quantitative estimate of drug-likeness (QED) is 0.596. The molecule has 1 aromatic rings. The molecule has 0 heterocycles. The van der Waals surface area contributed by atoms with E-state index in [4.69, 9.17) is 0 Å². The fraction of sp³-hybridized carbons (Fsp3) is 0.455. The van der Waals surface area contributed by atoms with Gasteiger partial charge in [-0.2, -0.15) is 0 Å². The molecule has 1 aliphatic carbocycles. The highest BCUT2D eigenvalue weighted by molar-refractivity contribution is 7.89. The van der Waals surface area contributed by atoms with Crippen molar-refractivity contribution in [1.82, 2.24) is 4.72 Å². The Morgan fingerprint density at radius 3 is 2.65 bits per heavy atom. The molecule has 7 nitrogen and oxygen atoms in total. The highest BCUT2D eigenvalue weighted by atomic mass is 32.2. The maximum atomic E-state index is 13.6. The first kappa shape index (κ1) is 14.8. The maximum absolute atomic E-state index is 13.6. The van der Waals surface area contributed by atoms with Crippen LogP contribution in [0.15, 0.2) is 23.1 Å². The van der Waals surface area contributed by atoms with Crippen molar-refractivity contribution in [2.24, 2.45) is 5.92 Å². The van der Waals surface area contributed by atoms with Crippen molar-refractivity contribution in [1.29, 1.82) is 0 Å². The average molecular weight is 304 g/mol. The Morgan fingerprint density at radius 1 is 1.50 bits per heavy atom. The summed E-state index contributed by atoms with van der Waals surface area (Å²) in [5.74, 6) is -1.12. The van der Waals surface area contributed by atoms with E-state index in [0.717, 1.165) is 25.0 Å². The molecule has 1 atom stereocenters. The van der Waals surface area contributed by atoms with Gasteiger partial charge in [0.25, 0.3) is 5.69 Å². The van der Waals surface area contributed by atoms with Crippen molar-refractivity contribution < 1.29 is 22.8 Å². The molecule has 110 valence electrons. The van der Waals surface area contributed by atoms with Crippen molar-refractivity contribution in [2.45, 2.75) is 23.8 Å². The zero-order chi connectivity index (χ0) is 14.9. The third-order valence-corrected chi connectivity index (χ3v) is 4.52. The van der Waals surface area contributed by atoms with E-state index < -0.39 is 37.5 Å². The van der Waals surface area contributed by atoms with E-state index in [1.54, 1.807) is 0 Å². The summed E-state index contributed by atoms with van der Waals surface area (Å²) in [7, 11) is -4.14. The molecule has 1 aliphatic rings. The lowest BCUT2D eigenvalue weighted by Gasteiger charge is -2.11. The maximum Gasteiger partial charge on any atom is 0.272 e. The number of nitro benzene ring substituents is 1. The lowest BCUT2D eigenvalue weighted by Crippen LogP contribution is -2.33. The van der Waals surface area contributed by atoms with Gasteiger partial charge in [0.2, 0.25) is 10.0 Å². The summed E-state index contributed by atoms with van der Waals surface area (Å²) in [6, 6.07) is 2.29. The first-order valence-electron chi connectivity index (χ1n) is 5.93. The molecule has 0 amide bonds. The van der Waals surface area contributed by atoms with Crippen LogP contribution in [0.5, 0.6) is 0 Å². The number of aliphatic hydroxyl groups excluding tert-OH is 1. The van der Waals surface area contributed by atoms with Crippen LogP contribution in [0.3, 0.4) is 0 Å². The van der Waals surface area contributed by atoms with Gasteiger partial charge in [-0.1, -0.05) is 0 Å². The molecule has 1 aromatic carbocycles. The highest BCUT2D eigenvalue weighted by Crippen LogP contribution is 2.32. The van der Waals surface area contributed by atoms with E-state index in [-0.39, 0.29) is 12.5 Å². The minimum atomic E-state index is -4.14. The van der Waals surface area contributed by atoms with Crippen LogP contribution < -0.4 is 4.72 Å². The molecule has 0 saturated heterocycles. The number of non-ortho nitro benzene ring substituents is 1. The molecule has 1 saturated carbocycles. The van der Waals surface area contributed by atoms with Crippen molar-refractivity contribution in [3.8, 4) is 0 Å². The van der Waals surface area contributed by atoms with Crippen LogP contribution in [0.4, 0.5) is 10.1 Å². The smallest absolute Gasteiger partial charge is 0.272 e. The Labute approximate surface area is 114 Å². The number of hydrogen-bond donors (Lipinski definition) is 2. The van der Waals surface area contributed by atoms with Gasteiger partial charge >= 0.3 is 0 Å². The molecule has 2 rings (SSSR count). The number of rotatable bonds is 6. The summed E-state index contributed by atoms with van der Waals surface area (Å²) in [5.41, 5.74) is -0.528. The van der Waals surface area contributed by atoms with Gasteiger partial charge < -0.3 is 5.11 Å². The number of nitro groups is 1. The number of nitrogens with one attached hydrogen (secondary N) is 1. The normalized spacial score (nSPS) is 16.9. The first-order valence-corrected chi connectivity index (χ1v) is 7.41. The van der Waals surface area contributed by atoms with Gasteiger partial charge in [-0.3, -0.25) is 10.1 Å². The summed E-state index contributed by atoms with van der Waals surface area (Å²) in [5, 5.41) is 20.0. The molecule has 0 aliphatic heterocycles. The van der Waals surface area contributed by atoms with Gasteiger partial charge in [-0.05, 0) is 24.8 Å². The molecule has 0 bridgehead atoms. The Balaban J connectivity index is 2.14. The third kappa shape index (κ3) is 3.30. The predicted molar refractivity (Wildman–Crippen MR) is 67.0 cm³/mol. The number of aliphatic hydroxyl groups is 1. The third-order valence-electron chi connectivity index (χ3n) is 3.06. The number of sulfonamides is 1. The zero-order valence-corrected chi connectivity index (χ0v) is 11.1. The lowest BCUT2D eigenvalue weighted by molar-refractivity contribution is -0.385. The van der Waals surface area contributed by atoms with Crippen LogP contribution >= 0.6 is 0 Å². The largest absolute Gasteiger partial charge is 0.391 e. The summed E-state index contributed by atoms with van der Waals surface area (Å²) in [6.07, 6.45) is 0.884. The SMILES string of the molecule is O=[N+]([O-])c1ccc(S(=O)(=O)NCC(O)C2CC2)c(F)c1. The van der Waals surface area contributed by atoms with Gasteiger partial charge in [0.05, 0.1) is 17.1 Å². The molecule has 1 fully saturated rings. The van der Waals surface area contributed by atoms with E-state index >= 15 is 0 Å². The van der Waals surface area contributed by atoms with Crippen LogP contribution in [0.2, 0.25) is 0 Å². The van der Waals surface area contributed by atoms with Gasteiger partial charge in [-0.25, -0.2) is 17.5 Å². The number of benzene rings is 1. The molecule has 1 unspecified atom stereocenters. The van der Waals surface area contributed by atoms with E-state index in [1.165, 1.54) is 0 Å². The van der Waals surface area contributed by atoms with E-state index in [9.17, 15) is 28.0 Å². The topological polar surface area (TPSA) is 110 Å². The van der Waals surface area contributed by atoms with Gasteiger partial charge in [0, 0.05) is 12.6 Å². The molecular formula is C11H13FN2O5S. The van der Waals surface area contributed by atoms with Crippen molar-refractivity contribution >= 4 is 15.7 Å². The standard InChI is InChI=1S/C11H13FN2O5S/c12-9-5-8(14(16)17)3-4-11(9)20(18,19)13-6-10(15)7-1-2-7/h3-5,7,10,13,15H,1-2,6H2. The van der Waals surface area contributed by atoms with Crippen LogP contribution in [-0.2, 0) is 10.0 Å².